The number of hydrogen-bond acceptors (Lipinski definition) is 7. The molecule has 0 bridgehead atoms. The lowest BCUT2D eigenvalue weighted by molar-refractivity contribution is -0.171. The molecule has 3 N–H and O–H groups in total. The molecule has 0 spiro atoms. The normalized spacial score (nSPS) is 22.9. The van der Waals surface area contributed by atoms with Crippen molar-refractivity contribution in [2.75, 3.05) is 0 Å². The maximum atomic E-state index is 11.9. The van der Waals surface area contributed by atoms with Gasteiger partial charge in [-0.3, -0.25) is 9.59 Å². The second-order valence-corrected chi connectivity index (χ2v) is 9.22. The van der Waals surface area contributed by atoms with Crippen LogP contribution in [0.5, 0.6) is 0 Å². The van der Waals surface area contributed by atoms with E-state index in [1.165, 1.54) is 6.92 Å². The Labute approximate surface area is 203 Å². The molecular weight excluding hydrogens is 436 g/mol. The molecule has 1 aliphatic rings. The van der Waals surface area contributed by atoms with Gasteiger partial charge >= 0.3 is 5.97 Å². The summed E-state index contributed by atoms with van der Waals surface area (Å²) in [5.74, 6) is -2.32. The summed E-state index contributed by atoms with van der Waals surface area (Å²) in [5.41, 5.74) is 1.10. The molecule has 5 atom stereocenters. The van der Waals surface area contributed by atoms with Crippen LogP contribution < -0.4 is 0 Å². The predicted molar refractivity (Wildman–Crippen MR) is 132 cm³/mol. The van der Waals surface area contributed by atoms with Crippen molar-refractivity contribution >= 4 is 11.8 Å². The summed E-state index contributed by atoms with van der Waals surface area (Å²) in [6.45, 7) is 10.4. The summed E-state index contributed by atoms with van der Waals surface area (Å²) < 4.78 is 10.6. The van der Waals surface area contributed by atoms with Crippen molar-refractivity contribution in [3.8, 4) is 0 Å². The van der Waals surface area contributed by atoms with Gasteiger partial charge in [0.2, 0.25) is 5.78 Å². The molecule has 7 nitrogen and oxygen atoms in total. The third kappa shape index (κ3) is 9.95. The number of rotatable bonds is 14. The van der Waals surface area contributed by atoms with Crippen molar-refractivity contribution < 1.29 is 34.4 Å². The van der Waals surface area contributed by atoms with Gasteiger partial charge in [-0.2, -0.15) is 0 Å². The number of allylic oxidation sites excluding steroid dienone is 3. The van der Waals surface area contributed by atoms with Crippen molar-refractivity contribution in [3.05, 3.63) is 47.3 Å². The fraction of sp³-hybridized carbons (Fsp3) is 0.630. The highest BCUT2D eigenvalue weighted by Gasteiger charge is 2.42. The van der Waals surface area contributed by atoms with E-state index in [4.69, 9.17) is 9.47 Å². The third-order valence-electron chi connectivity index (χ3n) is 5.77. The van der Waals surface area contributed by atoms with Crippen molar-refractivity contribution in [2.45, 2.75) is 104 Å². The van der Waals surface area contributed by atoms with Gasteiger partial charge in [0.25, 0.3) is 5.79 Å². The summed E-state index contributed by atoms with van der Waals surface area (Å²) in [4.78, 5) is 23.6. The fourth-order valence-electron chi connectivity index (χ4n) is 3.66. The van der Waals surface area contributed by atoms with E-state index in [0.717, 1.165) is 18.4 Å². The smallest absolute Gasteiger partial charge is 0.306 e. The maximum absolute atomic E-state index is 11.9. The lowest BCUT2D eigenvalue weighted by atomic mass is 9.97. The van der Waals surface area contributed by atoms with Crippen LogP contribution in [0.1, 0.15) is 80.1 Å². The Kier molecular flexibility index (Phi) is 12.5. The molecule has 0 amide bonds. The Morgan fingerprint density at radius 2 is 1.91 bits per heavy atom. The quantitative estimate of drug-likeness (QED) is 0.194. The number of ketones is 1. The summed E-state index contributed by atoms with van der Waals surface area (Å²) in [5, 5.41) is 30.6. The van der Waals surface area contributed by atoms with Crippen molar-refractivity contribution in [1.29, 1.82) is 0 Å². The average Bonchev–Trinajstić information content (AvgIpc) is 2.95. The summed E-state index contributed by atoms with van der Waals surface area (Å²) in [6, 6.07) is 0. The molecule has 0 saturated heterocycles. The Hall–Kier alpha value is -2.22. The highest BCUT2D eigenvalue weighted by molar-refractivity contribution is 6.02. The van der Waals surface area contributed by atoms with Crippen LogP contribution in [-0.4, -0.2) is 51.2 Å². The molecule has 1 heterocycles. The number of aliphatic hydroxyl groups is 3. The van der Waals surface area contributed by atoms with E-state index in [1.54, 1.807) is 19.9 Å². The van der Waals surface area contributed by atoms with Gasteiger partial charge in [-0.05, 0) is 51.7 Å². The Morgan fingerprint density at radius 1 is 1.24 bits per heavy atom. The first-order chi connectivity index (χ1) is 15.9. The molecule has 34 heavy (non-hydrogen) atoms. The maximum Gasteiger partial charge on any atom is 0.306 e. The Balaban J connectivity index is 2.42. The topological polar surface area (TPSA) is 113 Å². The zero-order valence-electron chi connectivity index (χ0n) is 21.4. The Bertz CT molecular complexity index is 804. The van der Waals surface area contributed by atoms with E-state index in [9.17, 15) is 24.9 Å². The number of aliphatic hydroxyl groups excluding tert-OH is 2. The molecule has 192 valence electrons. The molecule has 7 heteroatoms. The number of hydrogen-bond donors (Lipinski definition) is 3. The van der Waals surface area contributed by atoms with E-state index in [1.807, 2.05) is 45.1 Å². The van der Waals surface area contributed by atoms with Gasteiger partial charge in [-0.25, -0.2) is 0 Å². The molecule has 0 aromatic heterocycles. The second-order valence-electron chi connectivity index (χ2n) is 9.22. The Morgan fingerprint density at radius 3 is 2.50 bits per heavy atom. The minimum Gasteiger partial charge on any atom is -0.459 e. The van der Waals surface area contributed by atoms with Crippen molar-refractivity contribution in [1.82, 2.24) is 0 Å². The molecule has 1 rings (SSSR count). The van der Waals surface area contributed by atoms with E-state index >= 15 is 0 Å². The lowest BCUT2D eigenvalue weighted by Gasteiger charge is -2.18. The first kappa shape index (κ1) is 29.8. The van der Waals surface area contributed by atoms with Crippen LogP contribution in [0.3, 0.4) is 0 Å². The van der Waals surface area contributed by atoms with Crippen LogP contribution in [0.4, 0.5) is 0 Å². The zero-order valence-corrected chi connectivity index (χ0v) is 21.4. The SMILES string of the molecule is CCCCC(=O)O[C@H](C)C=C(C)[C@H](O)[C@H](C)C=CC=CCC[C@@H](O)CC1=C(C)C(=O)C(C)(O)O1. The first-order valence-electron chi connectivity index (χ1n) is 12.1. The van der Waals surface area contributed by atoms with Gasteiger partial charge < -0.3 is 24.8 Å². The molecule has 0 fully saturated rings. The highest BCUT2D eigenvalue weighted by atomic mass is 16.6. The van der Waals surface area contributed by atoms with Crippen LogP contribution in [0.15, 0.2) is 47.3 Å². The van der Waals surface area contributed by atoms with Crippen molar-refractivity contribution in [3.63, 3.8) is 0 Å². The van der Waals surface area contributed by atoms with Crippen LogP contribution in [0.2, 0.25) is 0 Å². The third-order valence-corrected chi connectivity index (χ3v) is 5.77. The van der Waals surface area contributed by atoms with Gasteiger partial charge in [-0.1, -0.05) is 44.6 Å². The summed E-state index contributed by atoms with van der Waals surface area (Å²) in [7, 11) is 0. The lowest BCUT2D eigenvalue weighted by Crippen LogP contribution is -2.32. The van der Waals surface area contributed by atoms with Crippen LogP contribution >= 0.6 is 0 Å². The van der Waals surface area contributed by atoms with Gasteiger partial charge in [0.15, 0.2) is 0 Å². The summed E-state index contributed by atoms with van der Waals surface area (Å²) >= 11 is 0. The number of unbranched alkanes of at least 4 members (excludes halogenated alkanes) is 1. The molecule has 0 aliphatic carbocycles. The monoisotopic (exact) mass is 478 g/mol. The highest BCUT2D eigenvalue weighted by Crippen LogP contribution is 2.31. The number of carbonyl (C=O) groups excluding carboxylic acids is 2. The first-order valence-corrected chi connectivity index (χ1v) is 12.1. The van der Waals surface area contributed by atoms with E-state index in [0.29, 0.717) is 30.6 Å². The van der Waals surface area contributed by atoms with E-state index in [-0.39, 0.29) is 24.4 Å². The van der Waals surface area contributed by atoms with Gasteiger partial charge in [0, 0.05) is 31.3 Å². The molecule has 0 radical (unpaired) electrons. The predicted octanol–water partition coefficient (Wildman–Crippen LogP) is 4.28. The number of Topliss-reactive ketones (excluding diaryl/α,β-unsaturated/α-hetero) is 1. The number of carbonyl (C=O) groups is 2. The molecule has 1 unspecified atom stereocenters. The molecule has 0 aromatic carbocycles. The molecule has 0 saturated carbocycles. The average molecular weight is 479 g/mol. The minimum absolute atomic E-state index is 0.130. The van der Waals surface area contributed by atoms with E-state index < -0.39 is 23.8 Å². The summed E-state index contributed by atoms with van der Waals surface area (Å²) in [6.07, 6.45) is 11.0. The number of esters is 1. The molecular formula is C27H42O7. The van der Waals surface area contributed by atoms with Crippen LogP contribution in [0, 0.1) is 5.92 Å². The fourth-order valence-corrected chi connectivity index (χ4v) is 3.66. The van der Waals surface area contributed by atoms with Gasteiger partial charge in [-0.15, -0.1) is 0 Å². The minimum atomic E-state index is -1.84. The zero-order chi connectivity index (χ0) is 25.9. The second kappa shape index (κ2) is 14.2. The van der Waals surface area contributed by atoms with Crippen LogP contribution in [0.25, 0.3) is 0 Å². The molecule has 0 aromatic rings. The molecule has 1 aliphatic heterocycles. The largest absolute Gasteiger partial charge is 0.459 e. The van der Waals surface area contributed by atoms with Gasteiger partial charge in [0.05, 0.1) is 12.2 Å². The van der Waals surface area contributed by atoms with E-state index in [2.05, 4.69) is 0 Å². The van der Waals surface area contributed by atoms with Gasteiger partial charge in [0.1, 0.15) is 11.9 Å². The standard InChI is InChI=1S/C27H42O7/c1-7-8-15-24(29)33-20(4)16-19(3)25(30)18(2)13-11-9-10-12-14-22(28)17-23-21(5)26(31)27(6,32)34-23/h9-11,13,16,18,20,22,25,28,30,32H,7-8,12,14-15,17H2,1-6H3/t18-,20-,22-,25-,27?/m1/s1. The number of ether oxygens (including phenoxy) is 2. The van der Waals surface area contributed by atoms with Crippen LogP contribution in [-0.2, 0) is 19.1 Å². The van der Waals surface area contributed by atoms with Crippen molar-refractivity contribution in [2.24, 2.45) is 5.92 Å².